The van der Waals surface area contributed by atoms with Crippen LogP contribution < -0.4 is 11.2 Å². The van der Waals surface area contributed by atoms with Crippen molar-refractivity contribution in [3.63, 3.8) is 0 Å². The molecule has 0 unspecified atom stereocenters. The smallest absolute Gasteiger partial charge is 0.331 e. The summed E-state index contributed by atoms with van der Waals surface area (Å²) in [6.07, 6.45) is 3.04. The summed E-state index contributed by atoms with van der Waals surface area (Å²) in [7, 11) is 0. The first kappa shape index (κ1) is 17.5. The minimum absolute atomic E-state index is 0.00298. The Labute approximate surface area is 160 Å². The average Bonchev–Trinajstić information content (AvgIpc) is 3.07. The summed E-state index contributed by atoms with van der Waals surface area (Å²) in [6.45, 7) is 3.65. The Hall–Kier alpha value is -3.93. The van der Waals surface area contributed by atoms with Gasteiger partial charge < -0.3 is 5.11 Å². The number of hydrogen-bond donors (Lipinski definition) is 2. The number of aliphatic imine (C=N–C) groups is 1. The molecule has 0 radical (unpaired) electrons. The second-order valence-corrected chi connectivity index (χ2v) is 6.30. The SMILES string of the molecule is C=CCn1c(O)c(C=C2C(c3ccccc3)=Nc3ccccc32)c(=O)[nH]c1=O. The zero-order chi connectivity index (χ0) is 19.7. The van der Waals surface area contributed by atoms with Crippen LogP contribution in [0.1, 0.15) is 16.7 Å². The standard InChI is InChI=1S/C22H17N3O3/c1-2-12-25-21(27)17(20(26)24-22(25)28)13-16-15-10-6-7-11-18(15)23-19(16)14-8-4-3-5-9-14/h2-11,13,27H,1,12H2,(H,24,26,28). The third-order valence-corrected chi connectivity index (χ3v) is 4.54. The summed E-state index contributed by atoms with van der Waals surface area (Å²) in [6, 6.07) is 17.2. The van der Waals surface area contributed by atoms with Gasteiger partial charge in [-0.05, 0) is 12.1 Å². The normalized spacial score (nSPS) is 14.0. The molecule has 28 heavy (non-hydrogen) atoms. The summed E-state index contributed by atoms with van der Waals surface area (Å²) in [5.74, 6) is -0.405. The van der Waals surface area contributed by atoms with Crippen LogP contribution in [-0.4, -0.2) is 20.4 Å². The zero-order valence-electron chi connectivity index (χ0n) is 14.9. The molecule has 6 heteroatoms. The fraction of sp³-hybridized carbons (Fsp3) is 0.0455. The van der Waals surface area contributed by atoms with E-state index in [1.165, 1.54) is 6.08 Å². The van der Waals surface area contributed by atoms with Gasteiger partial charge in [-0.2, -0.15) is 0 Å². The van der Waals surface area contributed by atoms with E-state index in [1.807, 2.05) is 54.6 Å². The molecular weight excluding hydrogens is 354 g/mol. The number of nitrogens with zero attached hydrogens (tertiary/aromatic N) is 2. The third-order valence-electron chi connectivity index (χ3n) is 4.54. The molecule has 1 aliphatic rings. The number of para-hydroxylation sites is 1. The number of aromatic amines is 1. The van der Waals surface area contributed by atoms with Gasteiger partial charge in [-0.1, -0.05) is 54.6 Å². The van der Waals surface area contributed by atoms with Gasteiger partial charge in [0.15, 0.2) is 0 Å². The van der Waals surface area contributed by atoms with Crippen molar-refractivity contribution >= 4 is 23.0 Å². The lowest BCUT2D eigenvalue weighted by molar-refractivity contribution is 0.409. The summed E-state index contributed by atoms with van der Waals surface area (Å²) in [4.78, 5) is 31.4. The molecule has 0 spiro atoms. The molecule has 2 aromatic carbocycles. The molecule has 0 fully saturated rings. The van der Waals surface area contributed by atoms with Gasteiger partial charge in [0.05, 0.1) is 11.4 Å². The van der Waals surface area contributed by atoms with Crippen LogP contribution in [0, 0.1) is 0 Å². The highest BCUT2D eigenvalue weighted by molar-refractivity contribution is 6.39. The van der Waals surface area contributed by atoms with Gasteiger partial charge >= 0.3 is 5.69 Å². The molecule has 2 N–H and O–H groups in total. The minimum Gasteiger partial charge on any atom is -0.494 e. The van der Waals surface area contributed by atoms with Gasteiger partial charge in [0, 0.05) is 23.2 Å². The van der Waals surface area contributed by atoms with Crippen molar-refractivity contribution < 1.29 is 5.11 Å². The first-order chi connectivity index (χ1) is 13.6. The second kappa shape index (κ2) is 7.00. The predicted molar refractivity (Wildman–Crippen MR) is 110 cm³/mol. The summed E-state index contributed by atoms with van der Waals surface area (Å²) >= 11 is 0. The van der Waals surface area contributed by atoms with E-state index >= 15 is 0 Å². The van der Waals surface area contributed by atoms with Gasteiger partial charge in [-0.25, -0.2) is 9.79 Å². The first-order valence-corrected chi connectivity index (χ1v) is 8.72. The molecule has 1 aliphatic heterocycles. The molecule has 1 aromatic heterocycles. The Balaban J connectivity index is 1.97. The molecule has 0 saturated heterocycles. The minimum atomic E-state index is -0.687. The van der Waals surface area contributed by atoms with Gasteiger partial charge in [-0.3, -0.25) is 14.3 Å². The molecule has 0 bridgehead atoms. The Morgan fingerprint density at radius 1 is 1.07 bits per heavy atom. The fourth-order valence-electron chi connectivity index (χ4n) is 3.22. The van der Waals surface area contributed by atoms with Gasteiger partial charge in [0.1, 0.15) is 5.56 Å². The van der Waals surface area contributed by atoms with E-state index in [9.17, 15) is 14.7 Å². The van der Waals surface area contributed by atoms with Crippen LogP contribution >= 0.6 is 0 Å². The molecule has 4 rings (SSSR count). The molecule has 0 saturated carbocycles. The largest absolute Gasteiger partial charge is 0.494 e. The fourth-order valence-corrected chi connectivity index (χ4v) is 3.22. The maximum atomic E-state index is 12.4. The van der Waals surface area contributed by atoms with E-state index in [0.29, 0.717) is 11.3 Å². The molecule has 138 valence electrons. The Bertz CT molecular complexity index is 1250. The summed E-state index contributed by atoms with van der Waals surface area (Å²) in [5.41, 5.74) is 2.57. The first-order valence-electron chi connectivity index (χ1n) is 8.72. The van der Waals surface area contributed by atoms with Crippen molar-refractivity contribution in [1.82, 2.24) is 9.55 Å². The van der Waals surface area contributed by atoms with E-state index in [4.69, 9.17) is 4.99 Å². The van der Waals surface area contributed by atoms with Crippen LogP contribution in [0.15, 0.2) is 81.8 Å². The van der Waals surface area contributed by atoms with E-state index in [2.05, 4.69) is 11.6 Å². The van der Waals surface area contributed by atoms with Crippen LogP contribution in [0.4, 0.5) is 5.69 Å². The number of benzene rings is 2. The van der Waals surface area contributed by atoms with E-state index < -0.39 is 17.1 Å². The lowest BCUT2D eigenvalue weighted by atomic mass is 9.96. The van der Waals surface area contributed by atoms with Crippen LogP contribution in [0.25, 0.3) is 11.6 Å². The van der Waals surface area contributed by atoms with Crippen molar-refractivity contribution in [1.29, 1.82) is 0 Å². The van der Waals surface area contributed by atoms with E-state index in [-0.39, 0.29) is 12.1 Å². The van der Waals surface area contributed by atoms with Crippen molar-refractivity contribution in [2.45, 2.75) is 6.54 Å². The Morgan fingerprint density at radius 2 is 1.79 bits per heavy atom. The molecule has 0 atom stereocenters. The van der Waals surface area contributed by atoms with Crippen LogP contribution in [-0.2, 0) is 6.54 Å². The maximum absolute atomic E-state index is 12.4. The van der Waals surface area contributed by atoms with Crippen molar-refractivity contribution in [3.8, 4) is 5.88 Å². The number of H-pyrrole nitrogens is 1. The predicted octanol–water partition coefficient (Wildman–Crippen LogP) is 3.10. The highest BCUT2D eigenvalue weighted by Crippen LogP contribution is 2.38. The summed E-state index contributed by atoms with van der Waals surface area (Å²) in [5, 5.41) is 10.6. The van der Waals surface area contributed by atoms with E-state index in [1.54, 1.807) is 6.08 Å². The molecule has 0 aliphatic carbocycles. The van der Waals surface area contributed by atoms with E-state index in [0.717, 1.165) is 21.4 Å². The maximum Gasteiger partial charge on any atom is 0.331 e. The number of aromatic nitrogens is 2. The Morgan fingerprint density at radius 3 is 2.54 bits per heavy atom. The van der Waals surface area contributed by atoms with Gasteiger partial charge in [-0.15, -0.1) is 6.58 Å². The number of allylic oxidation sites excluding steroid dienone is 2. The molecule has 0 amide bonds. The highest BCUT2D eigenvalue weighted by atomic mass is 16.3. The van der Waals surface area contributed by atoms with Crippen molar-refractivity contribution in [3.05, 3.63) is 105 Å². The van der Waals surface area contributed by atoms with Crippen LogP contribution in [0.2, 0.25) is 0 Å². The average molecular weight is 371 g/mol. The number of fused-ring (bicyclic) bond motifs is 1. The quantitative estimate of drug-likeness (QED) is 0.691. The lowest BCUT2D eigenvalue weighted by Gasteiger charge is -2.09. The molecule has 6 nitrogen and oxygen atoms in total. The summed E-state index contributed by atoms with van der Waals surface area (Å²) < 4.78 is 1.06. The third kappa shape index (κ3) is 2.91. The second-order valence-electron chi connectivity index (χ2n) is 6.30. The van der Waals surface area contributed by atoms with Crippen molar-refractivity contribution in [2.75, 3.05) is 0 Å². The molecular formula is C22H17N3O3. The monoisotopic (exact) mass is 371 g/mol. The highest BCUT2D eigenvalue weighted by Gasteiger charge is 2.23. The molecule has 3 aromatic rings. The topological polar surface area (TPSA) is 87.4 Å². The Kier molecular flexibility index (Phi) is 4.37. The van der Waals surface area contributed by atoms with Crippen LogP contribution in [0.5, 0.6) is 5.88 Å². The van der Waals surface area contributed by atoms with Crippen LogP contribution in [0.3, 0.4) is 0 Å². The molecule has 2 heterocycles. The lowest BCUT2D eigenvalue weighted by Crippen LogP contribution is -2.31. The van der Waals surface area contributed by atoms with Gasteiger partial charge in [0.25, 0.3) is 5.56 Å². The number of nitrogens with one attached hydrogen (secondary N) is 1. The number of hydrogen-bond acceptors (Lipinski definition) is 4. The van der Waals surface area contributed by atoms with Gasteiger partial charge in [0.2, 0.25) is 5.88 Å². The number of aromatic hydroxyl groups is 1. The van der Waals surface area contributed by atoms with Crippen molar-refractivity contribution in [2.24, 2.45) is 4.99 Å². The number of rotatable bonds is 4. The zero-order valence-corrected chi connectivity index (χ0v) is 14.9.